The third kappa shape index (κ3) is 11.0. The van der Waals surface area contributed by atoms with E-state index in [0.717, 1.165) is 12.8 Å². The molecule has 4 saturated carbocycles. The van der Waals surface area contributed by atoms with Gasteiger partial charge in [0.2, 0.25) is 0 Å². The molecular weight excluding hydrogens is 1020 g/mol. The van der Waals surface area contributed by atoms with E-state index in [2.05, 4.69) is 34.6 Å². The molecule has 24 heteroatoms. The fourth-order valence-electron chi connectivity index (χ4n) is 15.9. The monoisotopic (exact) mass is 1110 g/mol. The number of hydrogen-bond donors (Lipinski definition) is 15. The molecule has 24 nitrogen and oxygen atoms in total. The Bertz CT molecular complexity index is 2000. The van der Waals surface area contributed by atoms with Gasteiger partial charge in [0.25, 0.3) is 0 Å². The summed E-state index contributed by atoms with van der Waals surface area (Å²) in [5.41, 5.74) is -4.10. The Morgan fingerprint density at radius 3 is 1.78 bits per heavy atom. The van der Waals surface area contributed by atoms with Gasteiger partial charge in [-0.1, -0.05) is 46.8 Å². The lowest BCUT2D eigenvalue weighted by Gasteiger charge is -2.71. The molecule has 4 heterocycles. The van der Waals surface area contributed by atoms with Gasteiger partial charge in [-0.25, -0.2) is 4.89 Å². The molecule has 8 fully saturated rings. The number of hydrogen-bond acceptors (Lipinski definition) is 24. The molecule has 0 radical (unpaired) electrons. The van der Waals surface area contributed by atoms with Crippen molar-refractivity contribution in [1.29, 1.82) is 0 Å². The Labute approximate surface area is 449 Å². The van der Waals surface area contributed by atoms with Gasteiger partial charge in [0, 0.05) is 0 Å². The largest absolute Gasteiger partial charge is 0.394 e. The molecule has 4 saturated heterocycles. The molecule has 4 aliphatic carbocycles. The van der Waals surface area contributed by atoms with Crippen LogP contribution in [0, 0.1) is 45.3 Å². The van der Waals surface area contributed by atoms with Gasteiger partial charge in [-0.3, -0.25) is 5.26 Å². The summed E-state index contributed by atoms with van der Waals surface area (Å²) >= 11 is 0. The minimum Gasteiger partial charge on any atom is -0.394 e. The lowest BCUT2D eigenvalue weighted by Crippen LogP contribution is -2.68. The number of rotatable bonds is 16. The van der Waals surface area contributed by atoms with Crippen molar-refractivity contribution in [2.45, 2.75) is 247 Å². The Kier molecular flexibility index (Phi) is 18.5. The van der Waals surface area contributed by atoms with Crippen LogP contribution in [0.5, 0.6) is 0 Å². The van der Waals surface area contributed by atoms with Crippen molar-refractivity contribution in [1.82, 2.24) is 0 Å². The van der Waals surface area contributed by atoms with E-state index in [0.29, 0.717) is 32.1 Å². The zero-order chi connectivity index (χ0) is 56.7. The van der Waals surface area contributed by atoms with Gasteiger partial charge in [0.15, 0.2) is 25.2 Å². The second-order valence-corrected chi connectivity index (χ2v) is 25.8. The standard InChI is InChI=1S/C53H90O24/c1-48(2,77-68)13-9-14-53(8,76-46-42(67)38(63)36(61)28(73-46)22-70-44-40(65)33(58)25(57)21-69-44)23-10-16-52(7)32(23)24(56)18-30-50(5)15-12-31(49(3,4)29(50)11-17-51(30,52)6)74-47-43(39(64)35(60)27(20-55)72-47)75-45-41(66)37(62)34(59)26(19-54)71-45/h9,13,23-47,54-68H,10-12,14-22H2,1-8H3/b13-9+/t23-,24+,25+,26+,27+,28+,29+,30+,31-,32-,33-,34+,35+,36+,37-,38-,39-,40+,41+,42+,43+,44+,45-,46-,47-,50-,51+,52+,53-/m0/s1. The van der Waals surface area contributed by atoms with Crippen LogP contribution in [0.2, 0.25) is 0 Å². The molecule has 8 rings (SSSR count). The topological polar surface area (TPSA) is 387 Å². The van der Waals surface area contributed by atoms with Gasteiger partial charge in [0.1, 0.15) is 97.2 Å². The molecule has 29 atom stereocenters. The zero-order valence-electron chi connectivity index (χ0n) is 45.5. The molecule has 0 aromatic carbocycles. The van der Waals surface area contributed by atoms with Crippen molar-refractivity contribution in [2.75, 3.05) is 26.4 Å². The van der Waals surface area contributed by atoms with E-state index in [1.54, 1.807) is 26.0 Å². The van der Waals surface area contributed by atoms with Crippen molar-refractivity contribution < 1.29 is 120 Å². The van der Waals surface area contributed by atoms with Gasteiger partial charge in [-0.15, -0.1) is 0 Å². The first-order chi connectivity index (χ1) is 35.9. The average Bonchev–Trinajstić information content (AvgIpc) is 3.97. The normalized spacial score (nSPS) is 52.1. The first-order valence-electron chi connectivity index (χ1n) is 27.5. The predicted molar refractivity (Wildman–Crippen MR) is 263 cm³/mol. The lowest BCUT2D eigenvalue weighted by molar-refractivity contribution is -0.378. The van der Waals surface area contributed by atoms with Crippen LogP contribution >= 0.6 is 0 Å². The maximum atomic E-state index is 12.8. The summed E-state index contributed by atoms with van der Waals surface area (Å²) in [6.07, 6.45) is -23.3. The van der Waals surface area contributed by atoms with Gasteiger partial charge < -0.3 is 109 Å². The smallest absolute Gasteiger partial charge is 0.187 e. The second kappa shape index (κ2) is 23.1. The van der Waals surface area contributed by atoms with Crippen LogP contribution in [-0.4, -0.2) is 243 Å². The minimum atomic E-state index is -1.83. The van der Waals surface area contributed by atoms with E-state index in [1.165, 1.54) is 0 Å². The van der Waals surface area contributed by atoms with E-state index >= 15 is 0 Å². The highest BCUT2D eigenvalue weighted by molar-refractivity contribution is 5.21. The highest BCUT2D eigenvalue weighted by Crippen LogP contribution is 2.76. The molecule has 8 aliphatic rings. The fourth-order valence-corrected chi connectivity index (χ4v) is 15.9. The van der Waals surface area contributed by atoms with E-state index in [-0.39, 0.29) is 47.5 Å². The maximum Gasteiger partial charge on any atom is 0.187 e. The van der Waals surface area contributed by atoms with Crippen molar-refractivity contribution in [3.63, 3.8) is 0 Å². The van der Waals surface area contributed by atoms with Gasteiger partial charge in [0.05, 0.1) is 44.2 Å². The van der Waals surface area contributed by atoms with Crippen molar-refractivity contribution >= 4 is 0 Å². The van der Waals surface area contributed by atoms with Crippen molar-refractivity contribution in [3.8, 4) is 0 Å². The van der Waals surface area contributed by atoms with Crippen LogP contribution in [0.4, 0.5) is 0 Å². The number of fused-ring (bicyclic) bond motifs is 5. The van der Waals surface area contributed by atoms with Gasteiger partial charge >= 0.3 is 0 Å². The first-order valence-corrected chi connectivity index (χ1v) is 27.5. The number of ether oxygens (including phenoxy) is 8. The van der Waals surface area contributed by atoms with Crippen LogP contribution < -0.4 is 0 Å². The summed E-state index contributed by atoms with van der Waals surface area (Å²) in [6.45, 7) is 14.1. The van der Waals surface area contributed by atoms with E-state index < -0.39 is 171 Å². The molecule has 0 aromatic rings. The molecule has 15 N–H and O–H groups in total. The number of aliphatic hydroxyl groups is 14. The molecule has 0 bridgehead atoms. The molecular formula is C53H90O24. The van der Waals surface area contributed by atoms with Crippen LogP contribution in [0.1, 0.15) is 107 Å². The molecule has 4 aliphatic heterocycles. The van der Waals surface area contributed by atoms with Crippen LogP contribution in [-0.2, 0) is 42.8 Å². The molecule has 446 valence electrons. The Morgan fingerprint density at radius 1 is 0.571 bits per heavy atom. The molecule has 0 aromatic heterocycles. The lowest BCUT2D eigenvalue weighted by atomic mass is 9.35. The maximum absolute atomic E-state index is 12.8. The van der Waals surface area contributed by atoms with E-state index in [4.69, 9.17) is 42.8 Å². The third-order valence-electron chi connectivity index (χ3n) is 20.6. The number of aliphatic hydroxyl groups excluding tert-OH is 14. The zero-order valence-corrected chi connectivity index (χ0v) is 45.5. The summed E-state index contributed by atoms with van der Waals surface area (Å²) in [6, 6.07) is 0. The van der Waals surface area contributed by atoms with Crippen molar-refractivity contribution in [2.24, 2.45) is 45.3 Å². The molecule has 0 spiro atoms. The Morgan fingerprint density at radius 2 is 1.14 bits per heavy atom. The second-order valence-electron chi connectivity index (χ2n) is 25.8. The quantitative estimate of drug-likeness (QED) is 0.0341. The van der Waals surface area contributed by atoms with Crippen LogP contribution in [0.25, 0.3) is 0 Å². The summed E-state index contributed by atoms with van der Waals surface area (Å²) in [7, 11) is 0. The fraction of sp³-hybridized carbons (Fsp3) is 0.962. The predicted octanol–water partition coefficient (Wildman–Crippen LogP) is -2.10. The Hall–Kier alpha value is -1.22. The Balaban J connectivity index is 1.02. The minimum absolute atomic E-state index is 0.000540. The molecule has 0 amide bonds. The first kappa shape index (κ1) is 61.8. The summed E-state index contributed by atoms with van der Waals surface area (Å²) < 4.78 is 48.6. The molecule has 77 heavy (non-hydrogen) atoms. The summed E-state index contributed by atoms with van der Waals surface area (Å²) in [5, 5.41) is 161. The molecule has 0 unspecified atom stereocenters. The van der Waals surface area contributed by atoms with Gasteiger partial charge in [-0.05, 0) is 117 Å². The summed E-state index contributed by atoms with van der Waals surface area (Å²) in [4.78, 5) is 4.70. The van der Waals surface area contributed by atoms with E-state index in [1.807, 2.05) is 6.92 Å². The van der Waals surface area contributed by atoms with E-state index in [9.17, 15) is 76.7 Å². The highest BCUT2D eigenvalue weighted by atomic mass is 17.1. The van der Waals surface area contributed by atoms with Gasteiger partial charge in [-0.2, -0.15) is 0 Å². The highest BCUT2D eigenvalue weighted by Gasteiger charge is 2.72. The SMILES string of the molecule is CC(C)(/C=C/C[C@](C)(O[C@@H]1O[C@H](CO[C@H]2OC[C@@H](O)[C@H](O)[C@H]2O)[C@@H](O)[C@H](O)[C@H]1O)[C@H]1CC[C@]2(C)[C@@H]1[C@H](O)C[C@@H]1[C@@]3(C)CC[C@H](O[C@@H]4O[C@H](CO)[C@@H](O)[C@H](O)[C@H]4O[C@@H]4O[C@H](CO)[C@@H](O)[C@H](O)[C@H]4O)C(C)(C)[C@H]3CC[C@]12C)OO. The van der Waals surface area contributed by atoms with Crippen LogP contribution in [0.3, 0.4) is 0 Å². The average molecular weight is 1110 g/mol. The van der Waals surface area contributed by atoms with Crippen molar-refractivity contribution in [3.05, 3.63) is 12.2 Å². The summed E-state index contributed by atoms with van der Waals surface area (Å²) in [5.74, 6) is -0.727. The third-order valence-corrected chi connectivity index (χ3v) is 20.6. The van der Waals surface area contributed by atoms with Crippen LogP contribution in [0.15, 0.2) is 12.2 Å².